The molecule has 2 aromatic rings. The van der Waals surface area contributed by atoms with Crippen LogP contribution in [0, 0.1) is 0 Å². The van der Waals surface area contributed by atoms with Crippen molar-refractivity contribution >= 4 is 11.6 Å². The number of nitrogens with zero attached hydrogens (tertiary/aromatic N) is 1. The Labute approximate surface area is 115 Å². The van der Waals surface area contributed by atoms with Gasteiger partial charge in [-0.3, -0.25) is 4.79 Å². The molecule has 3 rings (SSSR count). The van der Waals surface area contributed by atoms with Crippen molar-refractivity contribution in [2.24, 2.45) is 10.7 Å². The topological polar surface area (TPSA) is 75.7 Å². The zero-order valence-corrected chi connectivity index (χ0v) is 10.8. The van der Waals surface area contributed by atoms with E-state index < -0.39 is 5.91 Å². The average Bonchev–Trinajstić information content (AvgIpc) is 2.77. The van der Waals surface area contributed by atoms with E-state index in [-0.39, 0.29) is 18.2 Å². The highest BCUT2D eigenvalue weighted by molar-refractivity contribution is 6.14. The van der Waals surface area contributed by atoms with E-state index in [1.165, 1.54) is 0 Å². The van der Waals surface area contributed by atoms with Crippen molar-refractivity contribution in [1.29, 1.82) is 0 Å². The Kier molecular flexibility index (Phi) is 3.08. The minimum Gasteiger partial charge on any atom is -0.395 e. The van der Waals surface area contributed by atoms with Gasteiger partial charge in [0.05, 0.1) is 12.0 Å². The zero-order valence-electron chi connectivity index (χ0n) is 10.8. The number of nitrogens with two attached hydrogens (primary N) is 1. The minimum atomic E-state index is -0.405. The van der Waals surface area contributed by atoms with Crippen LogP contribution in [0.4, 0.5) is 0 Å². The number of hydrogen-bond acceptors (Lipinski definition) is 3. The van der Waals surface area contributed by atoms with Gasteiger partial charge in [0.2, 0.25) is 0 Å². The lowest BCUT2D eigenvalue weighted by Gasteiger charge is -2.15. The van der Waals surface area contributed by atoms with Crippen molar-refractivity contribution < 1.29 is 9.90 Å². The van der Waals surface area contributed by atoms with E-state index >= 15 is 0 Å². The molecule has 4 nitrogen and oxygen atoms in total. The van der Waals surface area contributed by atoms with E-state index in [1.807, 2.05) is 42.5 Å². The van der Waals surface area contributed by atoms with E-state index in [0.29, 0.717) is 10.6 Å². The first-order valence-corrected chi connectivity index (χ1v) is 6.40. The van der Waals surface area contributed by atoms with Crippen LogP contribution in [0.1, 0.15) is 17.0 Å². The smallest absolute Gasteiger partial charge is 0.294 e. The molecule has 0 spiro atoms. The Bertz CT molecular complexity index is 782. The third kappa shape index (κ3) is 1.90. The molecule has 3 N–H and O–H groups in total. The van der Waals surface area contributed by atoms with Crippen molar-refractivity contribution in [3.63, 3.8) is 0 Å². The van der Waals surface area contributed by atoms with Gasteiger partial charge in [-0.05, 0) is 17.2 Å². The standard InChI is InChI=1S/C16H14N2O2/c17-15-14-11(7-4-8-13(14)18-16(15)20)12(9-19)10-5-2-1-3-6-10/h1-8,12,19H,9H2,(H2,17,18,20)/t12-/m1/s1. The fourth-order valence-electron chi connectivity index (χ4n) is 2.58. The van der Waals surface area contributed by atoms with Gasteiger partial charge in [0.25, 0.3) is 5.91 Å². The van der Waals surface area contributed by atoms with Gasteiger partial charge >= 0.3 is 0 Å². The summed E-state index contributed by atoms with van der Waals surface area (Å²) in [7, 11) is 0. The second-order valence-electron chi connectivity index (χ2n) is 4.72. The number of carbonyl (C=O) groups excluding carboxylic acids is 1. The van der Waals surface area contributed by atoms with E-state index in [9.17, 15) is 9.90 Å². The number of fused-ring (bicyclic) bond motifs is 1. The quantitative estimate of drug-likeness (QED) is 0.823. The van der Waals surface area contributed by atoms with Crippen LogP contribution in [0.25, 0.3) is 5.70 Å². The Morgan fingerprint density at radius 1 is 1.10 bits per heavy atom. The van der Waals surface area contributed by atoms with Crippen molar-refractivity contribution in [3.8, 4) is 0 Å². The minimum absolute atomic E-state index is 0.0536. The van der Waals surface area contributed by atoms with Gasteiger partial charge in [0, 0.05) is 11.1 Å². The lowest BCUT2D eigenvalue weighted by Crippen LogP contribution is -2.32. The molecule has 2 aromatic carbocycles. The molecule has 0 saturated carbocycles. The molecule has 100 valence electrons. The maximum Gasteiger partial charge on any atom is 0.294 e. The molecule has 1 aliphatic rings. The number of rotatable bonds is 3. The normalized spacial score (nSPS) is 14.8. The van der Waals surface area contributed by atoms with Crippen molar-refractivity contribution in [2.75, 3.05) is 6.61 Å². The Balaban J connectivity index is 2.25. The third-order valence-electron chi connectivity index (χ3n) is 3.56. The molecular weight excluding hydrogens is 252 g/mol. The van der Waals surface area contributed by atoms with Gasteiger partial charge < -0.3 is 10.8 Å². The van der Waals surface area contributed by atoms with Crippen LogP contribution >= 0.6 is 0 Å². The molecule has 0 radical (unpaired) electrons. The molecule has 0 aliphatic carbocycles. The zero-order chi connectivity index (χ0) is 14.1. The van der Waals surface area contributed by atoms with Gasteiger partial charge in [0.15, 0.2) is 0 Å². The summed E-state index contributed by atoms with van der Waals surface area (Å²) in [4.78, 5) is 15.6. The van der Waals surface area contributed by atoms with Gasteiger partial charge in [-0.25, -0.2) is 4.99 Å². The molecule has 0 unspecified atom stereocenters. The number of aliphatic hydroxyl groups is 1. The number of aliphatic hydroxyl groups excluding tert-OH is 1. The van der Waals surface area contributed by atoms with Crippen LogP contribution in [0.3, 0.4) is 0 Å². The number of amides is 1. The molecule has 1 aliphatic heterocycles. The molecule has 4 heteroatoms. The first-order valence-electron chi connectivity index (χ1n) is 6.40. The molecule has 0 saturated heterocycles. The summed E-state index contributed by atoms with van der Waals surface area (Å²) in [6.07, 6.45) is 0. The summed E-state index contributed by atoms with van der Waals surface area (Å²) >= 11 is 0. The molecule has 0 aromatic heterocycles. The lowest BCUT2D eigenvalue weighted by molar-refractivity contribution is -0.112. The highest BCUT2D eigenvalue weighted by Crippen LogP contribution is 2.21. The van der Waals surface area contributed by atoms with Crippen molar-refractivity contribution in [1.82, 2.24) is 0 Å². The predicted octanol–water partition coefficient (Wildman–Crippen LogP) is 0.0375. The largest absolute Gasteiger partial charge is 0.395 e. The second-order valence-corrected chi connectivity index (χ2v) is 4.72. The maximum atomic E-state index is 11.6. The SMILES string of the molecule is NC1=c2c([C@H](CO)c3ccccc3)cccc2=NC1=O. The number of benzene rings is 2. The van der Waals surface area contributed by atoms with Gasteiger partial charge in [-0.2, -0.15) is 0 Å². The van der Waals surface area contributed by atoms with E-state index in [4.69, 9.17) is 5.73 Å². The van der Waals surface area contributed by atoms with Crippen LogP contribution in [0.2, 0.25) is 0 Å². The van der Waals surface area contributed by atoms with E-state index in [1.54, 1.807) is 6.07 Å². The highest BCUT2D eigenvalue weighted by atomic mass is 16.3. The average molecular weight is 266 g/mol. The fourth-order valence-corrected chi connectivity index (χ4v) is 2.58. The summed E-state index contributed by atoms with van der Waals surface area (Å²) in [5, 5.41) is 11.0. The Morgan fingerprint density at radius 3 is 2.55 bits per heavy atom. The van der Waals surface area contributed by atoms with Crippen LogP contribution < -0.4 is 16.3 Å². The summed E-state index contributed by atoms with van der Waals surface area (Å²) in [5.41, 5.74) is 7.83. The summed E-state index contributed by atoms with van der Waals surface area (Å²) < 4.78 is 0. The monoisotopic (exact) mass is 266 g/mol. The molecule has 0 bridgehead atoms. The molecule has 20 heavy (non-hydrogen) atoms. The molecular formula is C16H14N2O2. The second kappa shape index (κ2) is 4.90. The maximum absolute atomic E-state index is 11.6. The summed E-state index contributed by atoms with van der Waals surface area (Å²) in [5.74, 6) is -0.622. The Hall–Kier alpha value is -2.46. The molecule has 1 heterocycles. The fraction of sp³-hybridized carbons (Fsp3) is 0.125. The van der Waals surface area contributed by atoms with E-state index in [0.717, 1.165) is 11.1 Å². The lowest BCUT2D eigenvalue weighted by atomic mass is 9.90. The molecule has 0 fully saturated rings. The first kappa shape index (κ1) is 12.6. The Morgan fingerprint density at radius 2 is 1.85 bits per heavy atom. The van der Waals surface area contributed by atoms with Crippen molar-refractivity contribution in [3.05, 3.63) is 70.2 Å². The van der Waals surface area contributed by atoms with Gasteiger partial charge in [-0.1, -0.05) is 42.5 Å². The molecule has 1 atom stereocenters. The first-order chi connectivity index (χ1) is 9.72. The third-order valence-corrected chi connectivity index (χ3v) is 3.56. The van der Waals surface area contributed by atoms with Gasteiger partial charge in [0.1, 0.15) is 5.70 Å². The predicted molar refractivity (Wildman–Crippen MR) is 75.2 cm³/mol. The van der Waals surface area contributed by atoms with E-state index in [2.05, 4.69) is 4.99 Å². The van der Waals surface area contributed by atoms with Crippen molar-refractivity contribution in [2.45, 2.75) is 5.92 Å². The number of carbonyl (C=O) groups is 1. The molecule has 1 amide bonds. The number of hydrogen-bond donors (Lipinski definition) is 2. The van der Waals surface area contributed by atoms with Crippen LogP contribution in [0.5, 0.6) is 0 Å². The van der Waals surface area contributed by atoms with Crippen LogP contribution in [0.15, 0.2) is 53.5 Å². The highest BCUT2D eigenvalue weighted by Gasteiger charge is 2.20. The van der Waals surface area contributed by atoms with Crippen LogP contribution in [-0.4, -0.2) is 17.6 Å². The summed E-state index contributed by atoms with van der Waals surface area (Å²) in [6.45, 7) is -0.0536. The summed E-state index contributed by atoms with van der Waals surface area (Å²) in [6, 6.07) is 15.1. The van der Waals surface area contributed by atoms with Crippen LogP contribution in [-0.2, 0) is 4.79 Å². The van der Waals surface area contributed by atoms with Gasteiger partial charge in [-0.15, -0.1) is 0 Å².